The Morgan fingerprint density at radius 3 is 2.89 bits per heavy atom. The van der Waals surface area contributed by atoms with Crippen LogP contribution >= 0.6 is 0 Å². The Bertz CT molecular complexity index is 1080. The number of likely N-dealkylation sites (tertiary alicyclic amines) is 1. The zero-order valence-corrected chi connectivity index (χ0v) is 22.6. The molecule has 7 nitrogen and oxygen atoms in total. The van der Waals surface area contributed by atoms with E-state index < -0.39 is 12.0 Å². The zero-order chi connectivity index (χ0) is 25.9. The molecule has 0 bridgehead atoms. The Hall–Kier alpha value is -2.67. The van der Waals surface area contributed by atoms with Crippen LogP contribution in [0.1, 0.15) is 93.3 Å². The average Bonchev–Trinajstić information content (AvgIpc) is 3.69. The smallest absolute Gasteiger partial charge is 0.325 e. The molecular formula is C30H42N4O3. The van der Waals surface area contributed by atoms with Crippen molar-refractivity contribution >= 4 is 11.8 Å². The van der Waals surface area contributed by atoms with Gasteiger partial charge in [0.15, 0.2) is 0 Å². The molecule has 0 aromatic carbocycles. The predicted molar refractivity (Wildman–Crippen MR) is 145 cm³/mol. The molecule has 4 unspecified atom stereocenters. The molecule has 1 aliphatic carbocycles. The van der Waals surface area contributed by atoms with Crippen LogP contribution in [-0.2, 0) is 17.6 Å². The molecular weight excluding hydrogens is 464 g/mol. The highest BCUT2D eigenvalue weighted by atomic mass is 16.5. The minimum absolute atomic E-state index is 0.237. The Morgan fingerprint density at radius 1 is 1.30 bits per heavy atom. The van der Waals surface area contributed by atoms with Crippen molar-refractivity contribution in [3.63, 3.8) is 0 Å². The second-order valence-electron chi connectivity index (χ2n) is 11.3. The van der Waals surface area contributed by atoms with E-state index in [1.165, 1.54) is 5.56 Å². The number of nitrogens with one attached hydrogen (secondary N) is 1. The number of carbonyl (C=O) groups is 1. The van der Waals surface area contributed by atoms with Gasteiger partial charge in [-0.25, -0.2) is 4.98 Å². The normalized spacial score (nSPS) is 23.2. The van der Waals surface area contributed by atoms with E-state index in [0.29, 0.717) is 17.8 Å². The lowest BCUT2D eigenvalue weighted by molar-refractivity contribution is -0.144. The van der Waals surface area contributed by atoms with E-state index in [2.05, 4.69) is 35.1 Å². The third kappa shape index (κ3) is 5.62. The summed E-state index contributed by atoms with van der Waals surface area (Å²) in [5.41, 5.74) is 4.22. The summed E-state index contributed by atoms with van der Waals surface area (Å²) in [7, 11) is 1.75. The number of aryl methyl sites for hydroxylation is 1. The van der Waals surface area contributed by atoms with Crippen LogP contribution in [0.4, 0.5) is 5.82 Å². The van der Waals surface area contributed by atoms with Gasteiger partial charge in [-0.3, -0.25) is 14.7 Å². The summed E-state index contributed by atoms with van der Waals surface area (Å²) in [5.74, 6) is 2.71. The van der Waals surface area contributed by atoms with E-state index in [9.17, 15) is 9.90 Å². The lowest BCUT2D eigenvalue weighted by Crippen LogP contribution is -2.39. The van der Waals surface area contributed by atoms with E-state index >= 15 is 0 Å². The van der Waals surface area contributed by atoms with Gasteiger partial charge >= 0.3 is 5.97 Å². The van der Waals surface area contributed by atoms with Crippen molar-refractivity contribution in [3.8, 4) is 5.75 Å². The summed E-state index contributed by atoms with van der Waals surface area (Å²) in [6.07, 6.45) is 11.6. The van der Waals surface area contributed by atoms with Crippen LogP contribution in [0.5, 0.6) is 5.75 Å². The largest absolute Gasteiger partial charge is 0.496 e. The molecule has 4 heterocycles. The fourth-order valence-corrected chi connectivity index (χ4v) is 6.68. The molecule has 37 heavy (non-hydrogen) atoms. The van der Waals surface area contributed by atoms with Crippen molar-refractivity contribution in [2.24, 2.45) is 11.8 Å². The molecule has 0 amide bonds. The van der Waals surface area contributed by atoms with Gasteiger partial charge in [0.05, 0.1) is 7.11 Å². The number of unbranched alkanes of at least 4 members (excludes halogenated alkanes) is 1. The highest BCUT2D eigenvalue weighted by Crippen LogP contribution is 2.45. The monoisotopic (exact) mass is 506 g/mol. The molecule has 0 radical (unpaired) electrons. The first kappa shape index (κ1) is 26.0. The van der Waals surface area contributed by atoms with Crippen LogP contribution in [0, 0.1) is 11.8 Å². The number of hydrogen-bond donors (Lipinski definition) is 2. The van der Waals surface area contributed by atoms with Crippen LogP contribution in [-0.4, -0.2) is 52.2 Å². The first-order valence-corrected chi connectivity index (χ1v) is 14.2. The van der Waals surface area contributed by atoms with Gasteiger partial charge in [-0.15, -0.1) is 0 Å². The number of carboxylic acids is 1. The number of methoxy groups -OCH3 is 1. The number of nitrogens with zero attached hydrogens (tertiary/aromatic N) is 3. The predicted octanol–water partition coefficient (Wildman–Crippen LogP) is 5.61. The summed E-state index contributed by atoms with van der Waals surface area (Å²) in [5, 5.41) is 13.7. The molecule has 3 aliphatic rings. The van der Waals surface area contributed by atoms with E-state index in [1.54, 1.807) is 13.3 Å². The number of rotatable bonds is 11. The van der Waals surface area contributed by atoms with Gasteiger partial charge in [-0.05, 0) is 76.3 Å². The van der Waals surface area contributed by atoms with E-state index in [4.69, 9.17) is 9.72 Å². The third-order valence-corrected chi connectivity index (χ3v) is 8.88. The molecule has 4 atom stereocenters. The van der Waals surface area contributed by atoms with Gasteiger partial charge in [0, 0.05) is 53.3 Å². The van der Waals surface area contributed by atoms with Gasteiger partial charge in [0.2, 0.25) is 0 Å². The molecule has 7 heteroatoms. The third-order valence-electron chi connectivity index (χ3n) is 8.88. The molecule has 2 aromatic rings. The maximum atomic E-state index is 12.5. The van der Waals surface area contributed by atoms with Crippen LogP contribution in [0.3, 0.4) is 0 Å². The number of aliphatic carboxylic acids is 1. The molecule has 5 rings (SSSR count). The van der Waals surface area contributed by atoms with Crippen molar-refractivity contribution in [2.45, 2.75) is 89.6 Å². The number of ether oxygens (including phenoxy) is 1. The summed E-state index contributed by atoms with van der Waals surface area (Å²) in [4.78, 5) is 24.2. The number of aromatic nitrogens is 2. The minimum atomic E-state index is -0.752. The molecule has 2 fully saturated rings. The van der Waals surface area contributed by atoms with Crippen molar-refractivity contribution in [2.75, 3.05) is 25.5 Å². The number of pyridine rings is 2. The van der Waals surface area contributed by atoms with Gasteiger partial charge in [0.25, 0.3) is 0 Å². The molecule has 2 aromatic heterocycles. The van der Waals surface area contributed by atoms with E-state index in [0.717, 1.165) is 99.4 Å². The number of fused-ring (bicyclic) bond motifs is 1. The van der Waals surface area contributed by atoms with Crippen molar-refractivity contribution in [3.05, 3.63) is 46.9 Å². The number of carboxylic acid groups (broad SMARTS) is 1. The van der Waals surface area contributed by atoms with Crippen LogP contribution in [0.15, 0.2) is 24.4 Å². The van der Waals surface area contributed by atoms with Gasteiger partial charge in [0.1, 0.15) is 17.6 Å². The lowest BCUT2D eigenvalue weighted by atomic mass is 9.84. The van der Waals surface area contributed by atoms with Crippen LogP contribution < -0.4 is 10.1 Å². The Balaban J connectivity index is 1.17. The maximum absolute atomic E-state index is 12.5. The molecule has 200 valence electrons. The molecule has 0 spiro atoms. The quantitative estimate of drug-likeness (QED) is 0.383. The Labute approximate surface area is 221 Å². The van der Waals surface area contributed by atoms with Gasteiger partial charge in [-0.2, -0.15) is 0 Å². The summed E-state index contributed by atoms with van der Waals surface area (Å²) < 4.78 is 5.65. The molecule has 2 N–H and O–H groups in total. The number of hydrogen-bond acceptors (Lipinski definition) is 6. The summed E-state index contributed by atoms with van der Waals surface area (Å²) in [6.45, 7) is 6.39. The van der Waals surface area contributed by atoms with E-state index in [1.807, 2.05) is 12.1 Å². The highest BCUT2D eigenvalue weighted by Gasteiger charge is 2.42. The van der Waals surface area contributed by atoms with Crippen molar-refractivity contribution in [1.82, 2.24) is 14.9 Å². The first-order valence-electron chi connectivity index (χ1n) is 14.2. The van der Waals surface area contributed by atoms with Crippen LogP contribution in [0.25, 0.3) is 0 Å². The Kier molecular flexibility index (Phi) is 7.98. The second-order valence-corrected chi connectivity index (χ2v) is 11.3. The van der Waals surface area contributed by atoms with E-state index in [-0.39, 0.29) is 6.04 Å². The molecule has 2 aliphatic heterocycles. The zero-order valence-electron chi connectivity index (χ0n) is 22.6. The lowest BCUT2D eigenvalue weighted by Gasteiger charge is -2.33. The first-order chi connectivity index (χ1) is 18.0. The fraction of sp³-hybridized carbons (Fsp3) is 0.633. The Morgan fingerprint density at radius 2 is 2.14 bits per heavy atom. The minimum Gasteiger partial charge on any atom is -0.496 e. The van der Waals surface area contributed by atoms with Crippen LogP contribution in [0.2, 0.25) is 0 Å². The van der Waals surface area contributed by atoms with Gasteiger partial charge in [-0.1, -0.05) is 25.8 Å². The summed E-state index contributed by atoms with van der Waals surface area (Å²) >= 11 is 0. The standard InChI is InChI=1S/C30H42N4O3/c1-19(8-4-5-9-22-18-26(37-3)24-10-6-16-32-29(24)33-22)23-14-17-34(20(23)2)28(30(35)36)25-11-7-15-31-27(25)21-12-13-21/h7,11,15,18-21,23,28H,4-6,8-10,12-14,16-17H2,1-3H3,(H,32,33)(H,35,36). The molecule has 1 saturated heterocycles. The topological polar surface area (TPSA) is 87.6 Å². The average molecular weight is 507 g/mol. The number of anilines is 1. The highest BCUT2D eigenvalue weighted by molar-refractivity contribution is 5.76. The molecule has 1 saturated carbocycles. The SMILES string of the molecule is COc1cc(CCCCC(C)C2CCN(C(C(=O)O)c3cccnc3C3CC3)C2C)nc2c1CCCN2. The summed E-state index contributed by atoms with van der Waals surface area (Å²) in [6, 6.07) is 5.63. The second kappa shape index (κ2) is 11.4. The van der Waals surface area contributed by atoms with Gasteiger partial charge < -0.3 is 15.2 Å². The van der Waals surface area contributed by atoms with Crippen molar-refractivity contribution < 1.29 is 14.6 Å². The maximum Gasteiger partial charge on any atom is 0.325 e. The fourth-order valence-electron chi connectivity index (χ4n) is 6.68. The van der Waals surface area contributed by atoms with Crippen molar-refractivity contribution in [1.29, 1.82) is 0 Å².